The average Bonchev–Trinajstić information content (AvgIpc) is 2.69. The Morgan fingerprint density at radius 3 is 2.33 bits per heavy atom. The predicted octanol–water partition coefficient (Wildman–Crippen LogP) is 2.71. The minimum absolute atomic E-state index is 0.108. The molecule has 0 unspecified atom stereocenters. The van der Waals surface area contributed by atoms with Gasteiger partial charge in [0.15, 0.2) is 0 Å². The van der Waals surface area contributed by atoms with Crippen molar-refractivity contribution in [1.82, 2.24) is 4.90 Å². The minimum atomic E-state index is -1.01. The van der Waals surface area contributed by atoms with Gasteiger partial charge in [-0.25, -0.2) is 4.39 Å². The number of carboxylic acids is 1. The van der Waals surface area contributed by atoms with E-state index >= 15 is 0 Å². The largest absolute Gasteiger partial charge is 0.480 e. The monoisotopic (exact) mass is 368 g/mol. The lowest BCUT2D eigenvalue weighted by molar-refractivity contribution is -0.138. The molecule has 1 heterocycles. The van der Waals surface area contributed by atoms with Crippen LogP contribution in [0, 0.1) is 5.82 Å². The fraction of sp³-hybridized carbons (Fsp3) is 0.238. The average molecular weight is 368 g/mol. The van der Waals surface area contributed by atoms with Crippen molar-refractivity contribution >= 4 is 17.4 Å². The number of nitrogens with two attached hydrogens (primary N) is 1. The van der Waals surface area contributed by atoms with Crippen LogP contribution in [0.3, 0.4) is 0 Å². The summed E-state index contributed by atoms with van der Waals surface area (Å²) in [5.74, 6) is -1.48. The summed E-state index contributed by atoms with van der Waals surface area (Å²) in [7, 11) is 0. The molecular weight excluding hydrogens is 347 g/mol. The number of rotatable bonds is 5. The van der Waals surface area contributed by atoms with E-state index < -0.39 is 12.0 Å². The highest BCUT2D eigenvalue weighted by Crippen LogP contribution is 2.24. The Kier molecular flexibility index (Phi) is 5.66. The smallest absolute Gasteiger partial charge is 0.320 e. The third-order valence-corrected chi connectivity index (χ3v) is 4.69. The summed E-state index contributed by atoms with van der Waals surface area (Å²) in [5, 5.41) is 8.88. The number of halogens is 1. The van der Waals surface area contributed by atoms with E-state index in [9.17, 15) is 14.0 Å². The van der Waals surface area contributed by atoms with Gasteiger partial charge in [-0.2, -0.15) is 0 Å². The summed E-state index contributed by atoms with van der Waals surface area (Å²) in [6.45, 7) is 1.09. The van der Waals surface area contributed by atoms with Crippen LogP contribution in [0.25, 0.3) is 5.57 Å². The lowest BCUT2D eigenvalue weighted by atomic mass is 9.96. The van der Waals surface area contributed by atoms with Gasteiger partial charge in [-0.1, -0.05) is 30.3 Å². The van der Waals surface area contributed by atoms with Crippen LogP contribution in [-0.2, 0) is 11.2 Å². The highest BCUT2D eigenvalue weighted by Gasteiger charge is 2.19. The Bertz CT molecular complexity index is 860. The van der Waals surface area contributed by atoms with Gasteiger partial charge in [0.1, 0.15) is 11.9 Å². The molecule has 1 aliphatic rings. The molecule has 2 aromatic carbocycles. The molecule has 3 N–H and O–H groups in total. The first kappa shape index (κ1) is 18.8. The highest BCUT2D eigenvalue weighted by atomic mass is 19.1. The maximum absolute atomic E-state index is 13.0. The zero-order valence-electron chi connectivity index (χ0n) is 14.8. The van der Waals surface area contributed by atoms with Gasteiger partial charge in [0.05, 0.1) is 0 Å². The van der Waals surface area contributed by atoms with Gasteiger partial charge in [0.2, 0.25) is 0 Å². The molecule has 0 radical (unpaired) electrons. The molecule has 140 valence electrons. The number of benzene rings is 2. The van der Waals surface area contributed by atoms with E-state index in [1.165, 1.54) is 24.3 Å². The van der Waals surface area contributed by atoms with E-state index in [1.807, 2.05) is 30.3 Å². The number of carbonyl (C=O) groups is 2. The molecule has 0 fully saturated rings. The molecule has 2 aromatic rings. The molecule has 27 heavy (non-hydrogen) atoms. The number of nitrogens with zero attached hydrogens (tertiary/aromatic N) is 1. The molecular formula is C21H21FN2O3. The summed E-state index contributed by atoms with van der Waals surface area (Å²) in [4.78, 5) is 25.0. The lowest BCUT2D eigenvalue weighted by Crippen LogP contribution is -2.34. The Morgan fingerprint density at radius 2 is 1.78 bits per heavy atom. The van der Waals surface area contributed by atoms with Crippen molar-refractivity contribution < 1.29 is 19.1 Å². The van der Waals surface area contributed by atoms with Gasteiger partial charge in [-0.15, -0.1) is 0 Å². The van der Waals surface area contributed by atoms with Crippen LogP contribution in [0.15, 0.2) is 54.6 Å². The van der Waals surface area contributed by atoms with Gasteiger partial charge in [0, 0.05) is 18.7 Å². The topological polar surface area (TPSA) is 83.6 Å². The Hall–Kier alpha value is -2.99. The van der Waals surface area contributed by atoms with Crippen LogP contribution in [0.5, 0.6) is 0 Å². The zero-order chi connectivity index (χ0) is 19.4. The van der Waals surface area contributed by atoms with Crippen molar-refractivity contribution in [2.45, 2.75) is 18.9 Å². The number of carbonyl (C=O) groups excluding carboxylic acids is 1. The maximum atomic E-state index is 13.0. The summed E-state index contributed by atoms with van der Waals surface area (Å²) in [6, 6.07) is 12.3. The second kappa shape index (κ2) is 8.14. The Morgan fingerprint density at radius 1 is 1.11 bits per heavy atom. The molecule has 1 atom stereocenters. The minimum Gasteiger partial charge on any atom is -0.480 e. The number of carboxylic acid groups (broad SMARTS) is 1. The van der Waals surface area contributed by atoms with E-state index in [1.54, 1.807) is 4.90 Å². The van der Waals surface area contributed by atoms with E-state index in [-0.39, 0.29) is 18.1 Å². The lowest BCUT2D eigenvalue weighted by Gasteiger charge is -2.27. The predicted molar refractivity (Wildman–Crippen MR) is 101 cm³/mol. The van der Waals surface area contributed by atoms with Crippen molar-refractivity contribution in [1.29, 1.82) is 0 Å². The fourth-order valence-electron chi connectivity index (χ4n) is 3.09. The standard InChI is InChI=1S/C21H21FN2O3/c22-18-7-5-17(6-8-18)20(25)24-11-9-16(10-12-24)15-3-1-14(2-4-15)13-19(23)21(26)27/h1-9,19H,10-13,23H2,(H,26,27)/t19-/m0/s1. The number of hydrogen-bond donors (Lipinski definition) is 2. The number of aliphatic carboxylic acids is 1. The molecule has 0 spiro atoms. The quantitative estimate of drug-likeness (QED) is 0.850. The van der Waals surface area contributed by atoms with Crippen LogP contribution in [-0.4, -0.2) is 41.0 Å². The van der Waals surface area contributed by atoms with E-state index in [2.05, 4.69) is 0 Å². The van der Waals surface area contributed by atoms with Gasteiger partial charge >= 0.3 is 5.97 Å². The van der Waals surface area contributed by atoms with Gasteiger partial charge in [-0.3, -0.25) is 9.59 Å². The molecule has 1 aliphatic heterocycles. The zero-order valence-corrected chi connectivity index (χ0v) is 14.8. The number of hydrogen-bond acceptors (Lipinski definition) is 3. The van der Waals surface area contributed by atoms with E-state index in [4.69, 9.17) is 10.8 Å². The third-order valence-electron chi connectivity index (χ3n) is 4.69. The SMILES string of the molecule is N[C@@H](Cc1ccc(C2=CCN(C(=O)c3ccc(F)cc3)CC2)cc1)C(=O)O. The van der Waals surface area contributed by atoms with Crippen molar-refractivity contribution in [2.24, 2.45) is 5.73 Å². The Labute approximate surface area is 156 Å². The molecule has 0 aromatic heterocycles. The first-order chi connectivity index (χ1) is 12.9. The van der Waals surface area contributed by atoms with Crippen LogP contribution < -0.4 is 5.73 Å². The summed E-state index contributed by atoms with van der Waals surface area (Å²) >= 11 is 0. The molecule has 1 amide bonds. The van der Waals surface area contributed by atoms with Crippen LogP contribution >= 0.6 is 0 Å². The van der Waals surface area contributed by atoms with Crippen LogP contribution in [0.1, 0.15) is 27.9 Å². The first-order valence-corrected chi connectivity index (χ1v) is 8.75. The summed E-state index contributed by atoms with van der Waals surface area (Å²) in [6.07, 6.45) is 3.03. The molecule has 0 saturated carbocycles. The van der Waals surface area contributed by atoms with E-state index in [0.29, 0.717) is 18.7 Å². The number of amides is 1. The molecule has 6 heteroatoms. The first-order valence-electron chi connectivity index (χ1n) is 8.75. The molecule has 0 bridgehead atoms. The van der Waals surface area contributed by atoms with Gasteiger partial charge in [0.25, 0.3) is 5.91 Å². The molecule has 5 nitrogen and oxygen atoms in total. The normalized spacial score (nSPS) is 15.2. The van der Waals surface area contributed by atoms with E-state index in [0.717, 1.165) is 23.1 Å². The van der Waals surface area contributed by atoms with Gasteiger partial charge in [-0.05, 0) is 53.8 Å². The van der Waals surface area contributed by atoms with Gasteiger partial charge < -0.3 is 15.7 Å². The summed E-state index contributed by atoms with van der Waals surface area (Å²) in [5.41, 5.74) is 9.11. The van der Waals surface area contributed by atoms with Crippen molar-refractivity contribution in [2.75, 3.05) is 13.1 Å². The second-order valence-corrected chi connectivity index (χ2v) is 6.58. The Balaban J connectivity index is 1.63. The highest BCUT2D eigenvalue weighted by molar-refractivity contribution is 5.94. The van der Waals surface area contributed by atoms with Crippen LogP contribution in [0.4, 0.5) is 4.39 Å². The van der Waals surface area contributed by atoms with Crippen molar-refractivity contribution in [3.8, 4) is 0 Å². The third kappa shape index (κ3) is 4.60. The molecule has 3 rings (SSSR count). The van der Waals surface area contributed by atoms with Crippen LogP contribution in [0.2, 0.25) is 0 Å². The van der Waals surface area contributed by atoms with Crippen molar-refractivity contribution in [3.63, 3.8) is 0 Å². The van der Waals surface area contributed by atoms with Crippen molar-refractivity contribution in [3.05, 3.63) is 77.1 Å². The maximum Gasteiger partial charge on any atom is 0.320 e. The molecule has 0 saturated heterocycles. The fourth-order valence-corrected chi connectivity index (χ4v) is 3.09. The molecule has 0 aliphatic carbocycles. The summed E-state index contributed by atoms with van der Waals surface area (Å²) < 4.78 is 13.0. The second-order valence-electron chi connectivity index (χ2n) is 6.58.